The van der Waals surface area contributed by atoms with Gasteiger partial charge in [-0.1, -0.05) is 30.3 Å². The van der Waals surface area contributed by atoms with Crippen molar-refractivity contribution in [2.75, 3.05) is 6.61 Å². The lowest BCUT2D eigenvalue weighted by Crippen LogP contribution is -2.37. The number of imidazole rings is 1. The van der Waals surface area contributed by atoms with Crippen molar-refractivity contribution in [3.63, 3.8) is 0 Å². The first-order valence-electron chi connectivity index (χ1n) is 11.0. The minimum absolute atomic E-state index is 0.108. The Balaban J connectivity index is 1.69. The molecule has 0 aliphatic carbocycles. The number of aromatic nitrogens is 2. The summed E-state index contributed by atoms with van der Waals surface area (Å²) in [6, 6.07) is 10.8. The SMILES string of the molecule is CC(O[C@H]1OCC[C@@H](c2nccn2C)[C@@H]1c1ccccc1)c1cc(C(F)(F)F)cc(C(F)(F)F)c1. The van der Waals surface area contributed by atoms with E-state index in [0.717, 1.165) is 11.4 Å². The first kappa shape index (κ1) is 25.2. The van der Waals surface area contributed by atoms with Crippen molar-refractivity contribution in [1.82, 2.24) is 9.55 Å². The molecular formula is C25H24F6N2O2. The Morgan fingerprint density at radius 1 is 1.00 bits per heavy atom. The average molecular weight is 498 g/mol. The molecule has 2 heterocycles. The van der Waals surface area contributed by atoms with Crippen LogP contribution in [-0.4, -0.2) is 22.4 Å². The number of rotatable bonds is 5. The van der Waals surface area contributed by atoms with Gasteiger partial charge in [-0.3, -0.25) is 0 Å². The summed E-state index contributed by atoms with van der Waals surface area (Å²) < 4.78 is 93.9. The summed E-state index contributed by atoms with van der Waals surface area (Å²) in [7, 11) is 1.86. The molecule has 1 aliphatic rings. The average Bonchev–Trinajstić information content (AvgIpc) is 3.23. The second-order valence-electron chi connectivity index (χ2n) is 8.58. The van der Waals surface area contributed by atoms with Crippen LogP contribution in [0.4, 0.5) is 26.3 Å². The van der Waals surface area contributed by atoms with Crippen LogP contribution in [0.1, 0.15) is 59.4 Å². The maximum Gasteiger partial charge on any atom is 0.416 e. The summed E-state index contributed by atoms with van der Waals surface area (Å²) in [6.45, 7) is 1.72. The molecule has 10 heteroatoms. The summed E-state index contributed by atoms with van der Waals surface area (Å²) in [4.78, 5) is 4.47. The highest BCUT2D eigenvalue weighted by atomic mass is 19.4. The maximum absolute atomic E-state index is 13.3. The summed E-state index contributed by atoms with van der Waals surface area (Å²) in [5, 5.41) is 0. The van der Waals surface area contributed by atoms with Crippen LogP contribution < -0.4 is 0 Å². The Hall–Kier alpha value is -2.85. The van der Waals surface area contributed by atoms with Crippen LogP contribution in [0, 0.1) is 0 Å². The number of benzene rings is 2. The molecule has 4 atom stereocenters. The zero-order valence-electron chi connectivity index (χ0n) is 19.0. The molecule has 3 aromatic rings. The standard InChI is InChI=1S/C25H24F6N2O2/c1-15(17-12-18(24(26,27)28)14-19(13-17)25(29,30)31)35-23-21(16-6-4-3-5-7-16)20(8-11-34-23)22-32-9-10-33(22)2/h3-7,9-10,12-15,20-21,23H,8,11H2,1-2H3/t15?,20-,21+,23-/m1/s1. The lowest BCUT2D eigenvalue weighted by Gasteiger charge is -2.39. The van der Waals surface area contributed by atoms with E-state index >= 15 is 0 Å². The van der Waals surface area contributed by atoms with Gasteiger partial charge in [-0.25, -0.2) is 4.98 Å². The van der Waals surface area contributed by atoms with E-state index in [9.17, 15) is 26.3 Å². The Morgan fingerprint density at radius 2 is 1.63 bits per heavy atom. The molecule has 4 rings (SSSR count). The van der Waals surface area contributed by atoms with E-state index in [1.165, 1.54) is 6.92 Å². The van der Waals surface area contributed by atoms with Gasteiger partial charge >= 0.3 is 12.4 Å². The number of hydrogen-bond acceptors (Lipinski definition) is 3. The molecule has 4 nitrogen and oxygen atoms in total. The summed E-state index contributed by atoms with van der Waals surface area (Å²) in [5.74, 6) is 0.291. The largest absolute Gasteiger partial charge is 0.416 e. The van der Waals surface area contributed by atoms with Crippen molar-refractivity contribution >= 4 is 0 Å². The topological polar surface area (TPSA) is 36.3 Å². The van der Waals surface area contributed by atoms with Gasteiger partial charge in [-0.2, -0.15) is 26.3 Å². The van der Waals surface area contributed by atoms with Crippen LogP contribution in [0.3, 0.4) is 0 Å². The van der Waals surface area contributed by atoms with Crippen LogP contribution in [0.2, 0.25) is 0 Å². The van der Waals surface area contributed by atoms with Crippen molar-refractivity contribution in [1.29, 1.82) is 0 Å². The number of aryl methyl sites for hydroxylation is 1. The van der Waals surface area contributed by atoms with E-state index < -0.39 is 35.9 Å². The molecule has 1 aliphatic heterocycles. The van der Waals surface area contributed by atoms with Gasteiger partial charge < -0.3 is 14.0 Å². The molecule has 1 saturated heterocycles. The van der Waals surface area contributed by atoms with E-state index in [-0.39, 0.29) is 23.5 Å². The molecule has 2 aromatic carbocycles. The zero-order chi connectivity index (χ0) is 25.4. The van der Waals surface area contributed by atoms with Gasteiger partial charge in [0.1, 0.15) is 5.82 Å². The van der Waals surface area contributed by atoms with Crippen LogP contribution in [0.15, 0.2) is 60.9 Å². The van der Waals surface area contributed by atoms with E-state index in [1.54, 1.807) is 6.20 Å². The fourth-order valence-electron chi connectivity index (χ4n) is 4.49. The number of ether oxygens (including phenoxy) is 2. The zero-order valence-corrected chi connectivity index (χ0v) is 19.0. The third-order valence-electron chi connectivity index (χ3n) is 6.23. The van der Waals surface area contributed by atoms with E-state index in [1.807, 2.05) is 48.1 Å². The van der Waals surface area contributed by atoms with Crippen molar-refractivity contribution in [3.8, 4) is 0 Å². The van der Waals surface area contributed by atoms with Crippen LogP contribution in [0.25, 0.3) is 0 Å². The fourth-order valence-corrected chi connectivity index (χ4v) is 4.49. The van der Waals surface area contributed by atoms with Gasteiger partial charge in [-0.05, 0) is 42.7 Å². The number of halogens is 6. The van der Waals surface area contributed by atoms with Crippen LogP contribution >= 0.6 is 0 Å². The maximum atomic E-state index is 13.3. The highest BCUT2D eigenvalue weighted by Crippen LogP contribution is 2.44. The molecular weight excluding hydrogens is 474 g/mol. The van der Waals surface area contributed by atoms with Gasteiger partial charge in [0.05, 0.1) is 23.8 Å². The predicted octanol–water partition coefficient (Wildman–Crippen LogP) is 6.85. The normalized spacial score (nSPS) is 22.2. The van der Waals surface area contributed by atoms with Gasteiger partial charge in [0, 0.05) is 31.3 Å². The predicted molar refractivity (Wildman–Crippen MR) is 115 cm³/mol. The van der Waals surface area contributed by atoms with Gasteiger partial charge in [0.15, 0.2) is 6.29 Å². The van der Waals surface area contributed by atoms with E-state index in [0.29, 0.717) is 25.2 Å². The molecule has 0 radical (unpaired) electrons. The third-order valence-corrected chi connectivity index (χ3v) is 6.23. The van der Waals surface area contributed by atoms with Crippen molar-refractivity contribution < 1.29 is 35.8 Å². The number of alkyl halides is 6. The molecule has 1 aromatic heterocycles. The minimum Gasteiger partial charge on any atom is -0.352 e. The fraction of sp³-hybridized carbons (Fsp3) is 0.400. The lowest BCUT2D eigenvalue weighted by atomic mass is 9.81. The Bertz CT molecular complexity index is 1110. The van der Waals surface area contributed by atoms with Gasteiger partial charge in [-0.15, -0.1) is 0 Å². The van der Waals surface area contributed by atoms with E-state index in [4.69, 9.17) is 9.47 Å². The molecule has 1 fully saturated rings. The van der Waals surface area contributed by atoms with Crippen molar-refractivity contribution in [2.45, 2.75) is 49.9 Å². The molecule has 188 valence electrons. The first-order valence-corrected chi connectivity index (χ1v) is 11.0. The second kappa shape index (κ2) is 9.66. The smallest absolute Gasteiger partial charge is 0.352 e. The molecule has 0 saturated carbocycles. The molecule has 0 spiro atoms. The summed E-state index contributed by atoms with van der Waals surface area (Å²) in [5.41, 5.74) is -2.13. The van der Waals surface area contributed by atoms with Crippen LogP contribution in [-0.2, 0) is 28.9 Å². The number of hydrogen-bond donors (Lipinski definition) is 0. The Morgan fingerprint density at radius 3 is 2.17 bits per heavy atom. The third kappa shape index (κ3) is 5.54. The molecule has 0 amide bonds. The molecule has 1 unspecified atom stereocenters. The lowest BCUT2D eigenvalue weighted by molar-refractivity contribution is -0.202. The summed E-state index contributed by atoms with van der Waals surface area (Å²) >= 11 is 0. The second-order valence-corrected chi connectivity index (χ2v) is 8.58. The van der Waals surface area contributed by atoms with Crippen LogP contribution in [0.5, 0.6) is 0 Å². The van der Waals surface area contributed by atoms with Gasteiger partial charge in [0.25, 0.3) is 0 Å². The molecule has 35 heavy (non-hydrogen) atoms. The molecule has 0 N–H and O–H groups in total. The highest BCUT2D eigenvalue weighted by Gasteiger charge is 2.41. The van der Waals surface area contributed by atoms with Crippen molar-refractivity contribution in [3.05, 3.63) is 89.0 Å². The summed E-state index contributed by atoms with van der Waals surface area (Å²) in [6.07, 6.45) is -7.78. The Labute approximate surface area is 198 Å². The Kier molecular flexibility index (Phi) is 6.97. The minimum atomic E-state index is -4.94. The van der Waals surface area contributed by atoms with E-state index in [2.05, 4.69) is 4.98 Å². The monoisotopic (exact) mass is 498 g/mol. The van der Waals surface area contributed by atoms with Crippen molar-refractivity contribution in [2.24, 2.45) is 7.05 Å². The first-order chi connectivity index (χ1) is 16.4. The highest BCUT2D eigenvalue weighted by molar-refractivity contribution is 5.35. The quantitative estimate of drug-likeness (QED) is 0.361. The number of nitrogens with zero attached hydrogens (tertiary/aromatic N) is 2. The molecule has 0 bridgehead atoms. The van der Waals surface area contributed by atoms with Gasteiger partial charge in [0.2, 0.25) is 0 Å².